The van der Waals surface area contributed by atoms with Crippen molar-refractivity contribution in [2.45, 2.75) is 51.1 Å². The van der Waals surface area contributed by atoms with Crippen LogP contribution in [0.15, 0.2) is 18.2 Å². The second kappa shape index (κ2) is 4.09. The third kappa shape index (κ3) is 2.11. The molecule has 2 heteroatoms. The lowest BCUT2D eigenvalue weighted by molar-refractivity contribution is 0.218. The van der Waals surface area contributed by atoms with Crippen molar-refractivity contribution in [3.8, 4) is 0 Å². The van der Waals surface area contributed by atoms with Crippen molar-refractivity contribution in [2.24, 2.45) is 5.73 Å². The molecule has 0 aliphatic heterocycles. The van der Waals surface area contributed by atoms with E-state index in [1.165, 1.54) is 17.5 Å². The van der Waals surface area contributed by atoms with Crippen LogP contribution in [0.4, 0.5) is 4.39 Å². The number of halogens is 1. The Bertz CT molecular complexity index is 408. The molecule has 0 spiro atoms. The Balaban J connectivity index is 2.46. The minimum Gasteiger partial charge on any atom is -0.330 e. The molecule has 2 N–H and O–H groups in total. The molecule has 1 aliphatic rings. The van der Waals surface area contributed by atoms with Crippen LogP contribution >= 0.6 is 0 Å². The third-order valence-corrected chi connectivity index (χ3v) is 4.20. The Labute approximate surface area is 103 Å². The summed E-state index contributed by atoms with van der Waals surface area (Å²) in [6.07, 6.45) is 3.51. The Hall–Kier alpha value is -0.890. The first-order valence-electron chi connectivity index (χ1n) is 6.40. The van der Waals surface area contributed by atoms with Gasteiger partial charge in [-0.3, -0.25) is 0 Å². The zero-order valence-corrected chi connectivity index (χ0v) is 11.0. The summed E-state index contributed by atoms with van der Waals surface area (Å²) >= 11 is 0. The average Bonchev–Trinajstić information content (AvgIpc) is 2.18. The normalized spacial score (nSPS) is 18.9. The van der Waals surface area contributed by atoms with Gasteiger partial charge in [0.2, 0.25) is 0 Å². The lowest BCUT2D eigenvalue weighted by atomic mass is 9.63. The van der Waals surface area contributed by atoms with Crippen LogP contribution in [-0.2, 0) is 11.1 Å². The molecule has 1 nitrogen and oxygen atoms in total. The van der Waals surface area contributed by atoms with E-state index in [9.17, 15) is 4.39 Å². The van der Waals surface area contributed by atoms with Crippen LogP contribution in [0.3, 0.4) is 0 Å². The van der Waals surface area contributed by atoms with Crippen LogP contribution in [0.5, 0.6) is 0 Å². The molecular formula is C15H22FN. The van der Waals surface area contributed by atoms with Gasteiger partial charge < -0.3 is 5.73 Å². The number of rotatable bonds is 3. The minimum absolute atomic E-state index is 0.116. The zero-order chi connectivity index (χ0) is 12.7. The molecule has 0 aromatic heterocycles. The van der Waals surface area contributed by atoms with E-state index in [0.29, 0.717) is 6.54 Å². The van der Waals surface area contributed by atoms with Crippen LogP contribution in [0.25, 0.3) is 0 Å². The summed E-state index contributed by atoms with van der Waals surface area (Å²) in [6, 6.07) is 5.95. The van der Waals surface area contributed by atoms with E-state index in [4.69, 9.17) is 5.73 Å². The first kappa shape index (κ1) is 12.6. The van der Waals surface area contributed by atoms with E-state index in [2.05, 4.69) is 6.92 Å². The topological polar surface area (TPSA) is 26.0 Å². The molecule has 1 aromatic carbocycles. The number of benzene rings is 1. The molecule has 94 valence electrons. The van der Waals surface area contributed by atoms with Crippen molar-refractivity contribution >= 4 is 0 Å². The van der Waals surface area contributed by atoms with Gasteiger partial charge in [0, 0.05) is 12.0 Å². The molecular weight excluding hydrogens is 213 g/mol. The Morgan fingerprint density at radius 1 is 1.35 bits per heavy atom. The van der Waals surface area contributed by atoms with Gasteiger partial charge in [-0.2, -0.15) is 0 Å². The van der Waals surface area contributed by atoms with Crippen molar-refractivity contribution in [1.29, 1.82) is 0 Å². The number of hydrogen-bond donors (Lipinski definition) is 1. The van der Waals surface area contributed by atoms with E-state index in [-0.39, 0.29) is 5.41 Å². The van der Waals surface area contributed by atoms with E-state index >= 15 is 0 Å². The molecule has 0 amide bonds. The molecule has 0 unspecified atom stereocenters. The summed E-state index contributed by atoms with van der Waals surface area (Å²) in [5.74, 6) is 0. The number of nitrogens with two attached hydrogens (primary N) is 1. The Kier molecular flexibility index (Phi) is 3.03. The van der Waals surface area contributed by atoms with Crippen LogP contribution in [-0.4, -0.2) is 6.54 Å². The fraction of sp³-hybridized carbons (Fsp3) is 0.600. The van der Waals surface area contributed by atoms with Gasteiger partial charge in [-0.25, -0.2) is 4.39 Å². The summed E-state index contributed by atoms with van der Waals surface area (Å²) in [5.41, 5.74) is 8.04. The number of hydrogen-bond acceptors (Lipinski definition) is 1. The second-order valence-electron chi connectivity index (χ2n) is 5.84. The fourth-order valence-corrected chi connectivity index (χ4v) is 2.75. The number of aryl methyl sites for hydroxylation is 1. The van der Waals surface area contributed by atoms with Gasteiger partial charge in [-0.15, -0.1) is 0 Å². The highest BCUT2D eigenvalue weighted by molar-refractivity contribution is 5.40. The van der Waals surface area contributed by atoms with Crippen molar-refractivity contribution in [3.05, 3.63) is 34.9 Å². The highest BCUT2D eigenvalue weighted by Crippen LogP contribution is 2.45. The summed E-state index contributed by atoms with van der Waals surface area (Å²) in [6.45, 7) is 5.98. The summed E-state index contributed by atoms with van der Waals surface area (Å²) in [7, 11) is 0. The predicted molar refractivity (Wildman–Crippen MR) is 69.9 cm³/mol. The molecule has 2 rings (SSSR count). The maximum Gasteiger partial charge on any atom is 0.130 e. The zero-order valence-electron chi connectivity index (χ0n) is 11.0. The predicted octanol–water partition coefficient (Wildman–Crippen LogP) is 3.58. The average molecular weight is 235 g/mol. The molecule has 17 heavy (non-hydrogen) atoms. The fourth-order valence-electron chi connectivity index (χ4n) is 2.75. The molecule has 0 atom stereocenters. The van der Waals surface area contributed by atoms with Gasteiger partial charge in [0.05, 0.1) is 0 Å². The van der Waals surface area contributed by atoms with Gasteiger partial charge in [-0.05, 0) is 50.3 Å². The lowest BCUT2D eigenvalue weighted by Crippen LogP contribution is -2.42. The van der Waals surface area contributed by atoms with E-state index in [1.807, 2.05) is 18.2 Å². The standard InChI is InChI=1S/C15H22FN/c1-11-5-6-12(14(2,3)16)9-13(11)15(10-17)7-4-8-15/h5-6,9H,4,7-8,10,17H2,1-3H3. The second-order valence-corrected chi connectivity index (χ2v) is 5.84. The smallest absolute Gasteiger partial charge is 0.130 e. The Morgan fingerprint density at radius 2 is 2.00 bits per heavy atom. The minimum atomic E-state index is -1.28. The summed E-state index contributed by atoms with van der Waals surface area (Å²) in [4.78, 5) is 0. The number of alkyl halides is 1. The third-order valence-electron chi connectivity index (χ3n) is 4.20. The summed E-state index contributed by atoms with van der Waals surface area (Å²) in [5, 5.41) is 0. The maximum absolute atomic E-state index is 14.0. The molecule has 1 aliphatic carbocycles. The monoisotopic (exact) mass is 235 g/mol. The molecule has 0 heterocycles. The van der Waals surface area contributed by atoms with E-state index in [1.54, 1.807) is 13.8 Å². The summed E-state index contributed by atoms with van der Waals surface area (Å²) < 4.78 is 14.0. The van der Waals surface area contributed by atoms with Crippen LogP contribution < -0.4 is 5.73 Å². The first-order chi connectivity index (χ1) is 7.89. The van der Waals surface area contributed by atoms with Crippen molar-refractivity contribution in [1.82, 2.24) is 0 Å². The lowest BCUT2D eigenvalue weighted by Gasteiger charge is -2.43. The Morgan fingerprint density at radius 3 is 2.41 bits per heavy atom. The molecule has 1 fully saturated rings. The van der Waals surface area contributed by atoms with Gasteiger partial charge >= 0.3 is 0 Å². The molecule has 0 bridgehead atoms. The first-order valence-corrected chi connectivity index (χ1v) is 6.40. The largest absolute Gasteiger partial charge is 0.330 e. The van der Waals surface area contributed by atoms with Gasteiger partial charge in [-0.1, -0.05) is 24.6 Å². The quantitative estimate of drug-likeness (QED) is 0.851. The van der Waals surface area contributed by atoms with Crippen molar-refractivity contribution in [2.75, 3.05) is 6.54 Å². The molecule has 0 radical (unpaired) electrons. The van der Waals surface area contributed by atoms with Crippen molar-refractivity contribution < 1.29 is 4.39 Å². The van der Waals surface area contributed by atoms with E-state index in [0.717, 1.165) is 18.4 Å². The molecule has 1 aromatic rings. The molecule has 0 saturated heterocycles. The van der Waals surface area contributed by atoms with Crippen LogP contribution in [0.1, 0.15) is 49.8 Å². The molecule has 1 saturated carbocycles. The van der Waals surface area contributed by atoms with Crippen LogP contribution in [0, 0.1) is 6.92 Å². The highest BCUT2D eigenvalue weighted by atomic mass is 19.1. The van der Waals surface area contributed by atoms with E-state index < -0.39 is 5.67 Å². The SMILES string of the molecule is Cc1ccc(C(C)(C)F)cc1C1(CN)CCC1. The maximum atomic E-state index is 14.0. The van der Waals surface area contributed by atoms with Gasteiger partial charge in [0.1, 0.15) is 5.67 Å². The highest BCUT2D eigenvalue weighted by Gasteiger charge is 2.38. The van der Waals surface area contributed by atoms with Crippen molar-refractivity contribution in [3.63, 3.8) is 0 Å². The van der Waals surface area contributed by atoms with Gasteiger partial charge in [0.25, 0.3) is 0 Å². The van der Waals surface area contributed by atoms with Gasteiger partial charge in [0.15, 0.2) is 0 Å². The van der Waals surface area contributed by atoms with Crippen LogP contribution in [0.2, 0.25) is 0 Å².